The molecule has 0 saturated heterocycles. The highest BCUT2D eigenvalue weighted by atomic mass is 16.5. The summed E-state index contributed by atoms with van der Waals surface area (Å²) in [4.78, 5) is 38.6. The number of tetrazole rings is 1. The van der Waals surface area contributed by atoms with Crippen LogP contribution in [0.4, 0.5) is 0 Å². The van der Waals surface area contributed by atoms with Crippen molar-refractivity contribution in [1.29, 1.82) is 0 Å². The number of nitrogens with one attached hydrogen (secondary N) is 1. The van der Waals surface area contributed by atoms with Crippen molar-refractivity contribution in [2.45, 2.75) is 46.1 Å². The first kappa shape index (κ1) is 23.5. The molecule has 0 fully saturated rings. The Kier molecular flexibility index (Phi) is 8.97. The van der Waals surface area contributed by atoms with Gasteiger partial charge in [-0.25, -0.2) is 4.79 Å². The molecule has 0 aliphatic carbocycles. The molecule has 28 heavy (non-hydrogen) atoms. The van der Waals surface area contributed by atoms with Crippen molar-refractivity contribution in [3.8, 4) is 0 Å². The fourth-order valence-electron chi connectivity index (χ4n) is 2.33. The van der Waals surface area contributed by atoms with Crippen molar-refractivity contribution in [2.75, 3.05) is 33.9 Å². The third-order valence-corrected chi connectivity index (χ3v) is 4.01. The van der Waals surface area contributed by atoms with Crippen LogP contribution in [0.5, 0.6) is 0 Å². The maximum absolute atomic E-state index is 12.3. The van der Waals surface area contributed by atoms with Gasteiger partial charge in [-0.15, -0.1) is 10.2 Å². The lowest BCUT2D eigenvalue weighted by atomic mass is 9.99. The van der Waals surface area contributed by atoms with Gasteiger partial charge in [-0.05, 0) is 11.8 Å². The molecule has 11 nitrogen and oxygen atoms in total. The second-order valence-electron chi connectivity index (χ2n) is 7.83. The monoisotopic (exact) mass is 398 g/mol. The molecule has 0 bridgehead atoms. The van der Waals surface area contributed by atoms with Gasteiger partial charge in [0.25, 0.3) is 0 Å². The van der Waals surface area contributed by atoms with Crippen molar-refractivity contribution in [2.24, 2.45) is 5.41 Å². The van der Waals surface area contributed by atoms with Crippen molar-refractivity contribution in [3.63, 3.8) is 0 Å². The lowest BCUT2D eigenvalue weighted by Gasteiger charge is -2.25. The first-order valence-electron chi connectivity index (χ1n) is 9.03. The molecule has 1 unspecified atom stereocenters. The molecule has 0 radical (unpaired) electrons. The molecular weight excluding hydrogens is 368 g/mol. The van der Waals surface area contributed by atoms with Crippen LogP contribution in [-0.2, 0) is 25.5 Å². The fraction of sp³-hybridized carbons (Fsp3) is 0.765. The summed E-state index contributed by atoms with van der Waals surface area (Å²) in [6.45, 7) is 7.59. The van der Waals surface area contributed by atoms with E-state index in [2.05, 4.69) is 41.4 Å². The van der Waals surface area contributed by atoms with E-state index in [4.69, 9.17) is 4.74 Å². The molecular formula is C17H30N6O5. The number of aromatic nitrogens is 4. The normalized spacial score (nSPS) is 12.5. The quantitative estimate of drug-likeness (QED) is 0.494. The van der Waals surface area contributed by atoms with Gasteiger partial charge in [-0.2, -0.15) is 5.21 Å². The van der Waals surface area contributed by atoms with E-state index in [9.17, 15) is 19.5 Å². The summed E-state index contributed by atoms with van der Waals surface area (Å²) in [5.74, 6) is -1.67. The standard InChI is InChI=1S/C17H30N6O5/c1-17(2,3)11-28-9-8-22(4)14(24)7-6-12(16(26)27)23(5)15(25)10-13-18-20-21-19-13/h12H,6-11H2,1-5H3,(H,26,27)(H,18,19,20,21). The van der Waals surface area contributed by atoms with Crippen molar-refractivity contribution >= 4 is 17.8 Å². The molecule has 1 atom stereocenters. The molecule has 11 heteroatoms. The Morgan fingerprint density at radius 2 is 1.89 bits per heavy atom. The third-order valence-electron chi connectivity index (χ3n) is 4.01. The molecule has 0 saturated carbocycles. The minimum atomic E-state index is -1.17. The zero-order valence-corrected chi connectivity index (χ0v) is 17.1. The molecule has 0 aliphatic heterocycles. The van der Waals surface area contributed by atoms with Crippen LogP contribution in [0.25, 0.3) is 0 Å². The number of carbonyl (C=O) groups is 3. The van der Waals surface area contributed by atoms with Gasteiger partial charge >= 0.3 is 5.97 Å². The maximum Gasteiger partial charge on any atom is 0.326 e. The Morgan fingerprint density at radius 1 is 1.21 bits per heavy atom. The molecule has 0 aliphatic rings. The van der Waals surface area contributed by atoms with Gasteiger partial charge in [0.2, 0.25) is 11.8 Å². The number of carbonyl (C=O) groups excluding carboxylic acids is 2. The summed E-state index contributed by atoms with van der Waals surface area (Å²) in [7, 11) is 3.03. The summed E-state index contributed by atoms with van der Waals surface area (Å²) >= 11 is 0. The van der Waals surface area contributed by atoms with Gasteiger partial charge in [-0.3, -0.25) is 9.59 Å². The first-order chi connectivity index (χ1) is 13.0. The predicted octanol–water partition coefficient (Wildman–Crippen LogP) is -0.0449. The second-order valence-corrected chi connectivity index (χ2v) is 7.83. The van der Waals surface area contributed by atoms with Crippen molar-refractivity contribution in [3.05, 3.63) is 5.82 Å². The summed E-state index contributed by atoms with van der Waals surface area (Å²) in [6, 6.07) is -1.12. The van der Waals surface area contributed by atoms with Gasteiger partial charge in [0, 0.05) is 27.1 Å². The Labute approximate surface area is 164 Å². The van der Waals surface area contributed by atoms with Gasteiger partial charge in [0.1, 0.15) is 6.04 Å². The van der Waals surface area contributed by atoms with Gasteiger partial charge in [0.05, 0.1) is 19.6 Å². The fourth-order valence-corrected chi connectivity index (χ4v) is 2.33. The smallest absolute Gasteiger partial charge is 0.326 e. The first-order valence-corrected chi connectivity index (χ1v) is 9.03. The zero-order valence-electron chi connectivity index (χ0n) is 17.1. The maximum atomic E-state index is 12.3. The average Bonchev–Trinajstić information content (AvgIpc) is 3.10. The lowest BCUT2D eigenvalue weighted by Crippen LogP contribution is -2.44. The van der Waals surface area contributed by atoms with Gasteiger partial charge in [0.15, 0.2) is 5.82 Å². The summed E-state index contributed by atoms with van der Waals surface area (Å²) < 4.78 is 5.54. The number of likely N-dealkylation sites (N-methyl/N-ethyl adjacent to an activating group) is 2. The number of rotatable bonds is 11. The van der Waals surface area contributed by atoms with Crippen molar-refractivity contribution in [1.82, 2.24) is 30.4 Å². The molecule has 2 amide bonds. The Bertz CT molecular complexity index is 643. The van der Waals surface area contributed by atoms with E-state index in [0.717, 1.165) is 4.90 Å². The molecule has 158 valence electrons. The number of nitrogens with zero attached hydrogens (tertiary/aromatic N) is 5. The van der Waals surface area contributed by atoms with Crippen LogP contribution in [0.2, 0.25) is 0 Å². The van der Waals surface area contributed by atoms with Crippen LogP contribution in [-0.4, -0.2) is 93.2 Å². The second kappa shape index (κ2) is 10.7. The molecule has 1 rings (SSSR count). The number of amides is 2. The number of H-pyrrole nitrogens is 1. The van der Waals surface area contributed by atoms with Crippen LogP contribution in [0.3, 0.4) is 0 Å². The van der Waals surface area contributed by atoms with E-state index < -0.39 is 17.9 Å². The highest BCUT2D eigenvalue weighted by Crippen LogP contribution is 2.13. The average molecular weight is 398 g/mol. The van der Waals surface area contributed by atoms with Crippen LogP contribution < -0.4 is 0 Å². The predicted molar refractivity (Wildman–Crippen MR) is 99.2 cm³/mol. The van der Waals surface area contributed by atoms with E-state index in [1.807, 2.05) is 0 Å². The molecule has 0 spiro atoms. The topological polar surface area (TPSA) is 142 Å². The SMILES string of the molecule is CN(CCOCC(C)(C)C)C(=O)CCC(C(=O)O)N(C)C(=O)Cc1nn[nH]n1. The largest absolute Gasteiger partial charge is 0.480 e. The van der Waals surface area contributed by atoms with E-state index in [-0.39, 0.29) is 36.4 Å². The van der Waals surface area contributed by atoms with E-state index in [0.29, 0.717) is 19.8 Å². The van der Waals surface area contributed by atoms with E-state index >= 15 is 0 Å². The summed E-state index contributed by atoms with van der Waals surface area (Å²) in [6.07, 6.45) is -0.155. The zero-order chi connectivity index (χ0) is 21.3. The highest BCUT2D eigenvalue weighted by molar-refractivity contribution is 5.85. The Morgan fingerprint density at radius 3 is 2.43 bits per heavy atom. The Hall–Kier alpha value is -2.56. The molecule has 1 aromatic rings. The van der Waals surface area contributed by atoms with Crippen LogP contribution in [0.15, 0.2) is 0 Å². The minimum absolute atomic E-state index is 0.00652. The van der Waals surface area contributed by atoms with Crippen LogP contribution in [0.1, 0.15) is 39.4 Å². The number of ether oxygens (including phenoxy) is 1. The number of aromatic amines is 1. The number of hydrogen-bond donors (Lipinski definition) is 2. The van der Waals surface area contributed by atoms with E-state index in [1.165, 1.54) is 11.9 Å². The lowest BCUT2D eigenvalue weighted by molar-refractivity contribution is -0.149. The van der Waals surface area contributed by atoms with Crippen LogP contribution in [0, 0.1) is 5.41 Å². The molecule has 1 aromatic heterocycles. The van der Waals surface area contributed by atoms with Crippen LogP contribution >= 0.6 is 0 Å². The summed E-state index contributed by atoms with van der Waals surface area (Å²) in [5, 5.41) is 22.4. The minimum Gasteiger partial charge on any atom is -0.480 e. The highest BCUT2D eigenvalue weighted by Gasteiger charge is 2.28. The van der Waals surface area contributed by atoms with Crippen molar-refractivity contribution < 1.29 is 24.2 Å². The molecule has 2 N–H and O–H groups in total. The van der Waals surface area contributed by atoms with E-state index in [1.54, 1.807) is 7.05 Å². The molecule has 0 aromatic carbocycles. The Balaban J connectivity index is 2.47. The van der Waals surface area contributed by atoms with Gasteiger partial charge in [-0.1, -0.05) is 26.0 Å². The third kappa shape index (κ3) is 8.42. The summed E-state index contributed by atoms with van der Waals surface area (Å²) in [5.41, 5.74) is 0.0515. The number of carboxylic acids is 1. The number of aliphatic carboxylic acids is 1. The number of hydrogen-bond acceptors (Lipinski definition) is 7. The molecule has 1 heterocycles. The number of carboxylic acid groups (broad SMARTS) is 1. The van der Waals surface area contributed by atoms with Gasteiger partial charge < -0.3 is 19.6 Å².